The normalized spacial score (nSPS) is 12.0. The van der Waals surface area contributed by atoms with E-state index in [0.717, 1.165) is 23.5 Å². The summed E-state index contributed by atoms with van der Waals surface area (Å²) in [7, 11) is -3.48. The van der Waals surface area contributed by atoms with Crippen molar-refractivity contribution in [3.05, 3.63) is 63.2 Å². The van der Waals surface area contributed by atoms with Crippen molar-refractivity contribution in [3.8, 4) is 0 Å². The molecule has 0 saturated heterocycles. The van der Waals surface area contributed by atoms with Crippen molar-refractivity contribution >= 4 is 57.3 Å². The average Bonchev–Trinajstić information content (AvgIpc) is 2.92. The number of halogens is 4. The Morgan fingerprint density at radius 2 is 1.81 bits per heavy atom. The lowest BCUT2D eigenvalue weighted by Crippen LogP contribution is -2.11. The molecule has 3 rings (SSSR count). The summed E-state index contributed by atoms with van der Waals surface area (Å²) < 4.78 is 41.3. The molecule has 0 aliphatic carbocycles. The van der Waals surface area contributed by atoms with Gasteiger partial charge in [-0.05, 0) is 58.4 Å². The van der Waals surface area contributed by atoms with Crippen molar-refractivity contribution in [2.75, 3.05) is 5.32 Å². The van der Waals surface area contributed by atoms with Crippen molar-refractivity contribution in [3.63, 3.8) is 0 Å². The summed E-state index contributed by atoms with van der Waals surface area (Å²) in [4.78, 5) is 29.6. The van der Waals surface area contributed by atoms with Crippen LogP contribution in [0.15, 0.2) is 46.9 Å². The van der Waals surface area contributed by atoms with Crippen LogP contribution in [-0.4, -0.2) is 15.7 Å². The predicted molar refractivity (Wildman–Crippen MR) is 99.1 cm³/mol. The lowest BCUT2D eigenvalue weighted by molar-refractivity contribution is 0.0766. The highest BCUT2D eigenvalue weighted by Gasteiger charge is 2.44. The first-order valence-corrected chi connectivity index (χ1v) is 9.91. The molecule has 2 aromatic carbocycles. The van der Waals surface area contributed by atoms with E-state index in [4.69, 9.17) is 9.79 Å². The lowest BCUT2D eigenvalue weighted by atomic mass is 10.2. The first kappa shape index (κ1) is 19.3. The van der Waals surface area contributed by atoms with Crippen LogP contribution in [0.3, 0.4) is 0 Å². The maximum absolute atomic E-state index is 14.0. The minimum Gasteiger partial charge on any atom is -0.346 e. The molecule has 0 radical (unpaired) electrons. The fraction of sp³-hybridized carbons (Fsp3) is 0.0625. The van der Waals surface area contributed by atoms with E-state index < -0.39 is 30.6 Å². The minimum absolute atomic E-state index is 0.0379. The van der Waals surface area contributed by atoms with E-state index in [1.54, 1.807) is 6.07 Å². The zero-order valence-electron chi connectivity index (χ0n) is 12.7. The number of carbonyl (C=O) groups is 1. The molecule has 0 saturated carbocycles. The smallest absolute Gasteiger partial charge is 0.346 e. The minimum atomic E-state index is -3.77. The van der Waals surface area contributed by atoms with Crippen molar-refractivity contribution < 1.29 is 27.8 Å². The van der Waals surface area contributed by atoms with Crippen LogP contribution in [0.25, 0.3) is 10.1 Å². The van der Waals surface area contributed by atoms with E-state index in [1.165, 1.54) is 24.3 Å². The summed E-state index contributed by atoms with van der Waals surface area (Å²) in [5, 5.41) is 3.01. The highest BCUT2D eigenvalue weighted by molar-refractivity contribution is 9.10. The molecule has 0 spiro atoms. The highest BCUT2D eigenvalue weighted by Crippen LogP contribution is 2.57. The monoisotopic (exact) mass is 463 g/mol. The molecule has 0 atom stereocenters. The van der Waals surface area contributed by atoms with Crippen LogP contribution in [0, 0.1) is 5.82 Å². The molecule has 0 aliphatic heterocycles. The second-order valence-corrected chi connectivity index (χ2v) is 8.23. The van der Waals surface area contributed by atoms with E-state index >= 15 is 0 Å². The van der Waals surface area contributed by atoms with Gasteiger partial charge in [-0.2, -0.15) is 8.78 Å². The van der Waals surface area contributed by atoms with Gasteiger partial charge in [-0.3, -0.25) is 4.79 Å². The first-order chi connectivity index (χ1) is 12.2. The zero-order chi connectivity index (χ0) is 19.1. The van der Waals surface area contributed by atoms with Gasteiger partial charge in [-0.1, -0.05) is 0 Å². The molecule has 0 fully saturated rings. The van der Waals surface area contributed by atoms with Crippen LogP contribution in [0.4, 0.5) is 18.9 Å². The largest absolute Gasteiger partial charge is 0.349 e. The summed E-state index contributed by atoms with van der Waals surface area (Å²) in [5.74, 6) is -0.943. The summed E-state index contributed by atoms with van der Waals surface area (Å²) >= 11 is 3.80. The van der Waals surface area contributed by atoms with E-state index in [-0.39, 0.29) is 10.0 Å². The molecule has 0 unspecified atom stereocenters. The van der Waals surface area contributed by atoms with Crippen molar-refractivity contribution in [1.82, 2.24) is 0 Å². The van der Waals surface area contributed by atoms with Crippen LogP contribution in [0.5, 0.6) is 0 Å². The number of hydrogen-bond donors (Lipinski definition) is 3. The number of rotatable bonds is 4. The van der Waals surface area contributed by atoms with Gasteiger partial charge in [0.15, 0.2) is 0 Å². The Kier molecular flexibility index (Phi) is 5.37. The Bertz CT molecular complexity index is 979. The van der Waals surface area contributed by atoms with Gasteiger partial charge in [-0.25, -0.2) is 4.39 Å². The molecule has 1 amide bonds. The van der Waals surface area contributed by atoms with Crippen LogP contribution < -0.4 is 5.32 Å². The van der Waals surface area contributed by atoms with Gasteiger partial charge in [0.1, 0.15) is 5.82 Å². The van der Waals surface area contributed by atoms with Gasteiger partial charge >= 0.3 is 5.66 Å². The number of alkyl halides is 2. The fourth-order valence-corrected chi connectivity index (χ4v) is 4.96. The van der Waals surface area contributed by atoms with E-state index in [0.29, 0.717) is 15.8 Å². The second-order valence-electron chi connectivity index (χ2n) is 5.25. The molecule has 26 heavy (non-hydrogen) atoms. The summed E-state index contributed by atoms with van der Waals surface area (Å²) in [5.41, 5.74) is -3.17. The molecule has 4 nitrogen and oxygen atoms in total. The summed E-state index contributed by atoms with van der Waals surface area (Å²) in [6.07, 6.45) is 0. The van der Waals surface area contributed by atoms with Crippen LogP contribution in [0.1, 0.15) is 15.2 Å². The molecule has 10 heteroatoms. The maximum atomic E-state index is 14.0. The Balaban J connectivity index is 1.93. The Hall–Kier alpha value is -1.51. The van der Waals surface area contributed by atoms with Gasteiger partial charge in [0.25, 0.3) is 5.91 Å². The standard InChI is InChI=1S/C16H10BrF3NO3PS/c17-13-11-7-10(21-15(22)8-1-3-9(18)4-2-8)5-6-12(11)26-14(13)16(19,20)25(23)24/h1-7,23-24H,(H,21,22). The number of hydrogen-bond acceptors (Lipinski definition) is 4. The number of amides is 1. The van der Waals surface area contributed by atoms with Gasteiger partial charge in [0.2, 0.25) is 8.38 Å². The highest BCUT2D eigenvalue weighted by atomic mass is 79.9. The molecule has 0 bridgehead atoms. The number of thiophene rings is 1. The van der Waals surface area contributed by atoms with Crippen LogP contribution in [0.2, 0.25) is 0 Å². The topological polar surface area (TPSA) is 69.6 Å². The quantitative estimate of drug-likeness (QED) is 0.453. The van der Waals surface area contributed by atoms with Crippen molar-refractivity contribution in [2.24, 2.45) is 0 Å². The Labute approximate surface area is 159 Å². The predicted octanol–water partition coefficient (Wildman–Crippen LogP) is 5.40. The van der Waals surface area contributed by atoms with E-state index in [2.05, 4.69) is 21.2 Å². The average molecular weight is 464 g/mol. The number of anilines is 1. The van der Waals surface area contributed by atoms with E-state index in [9.17, 15) is 18.0 Å². The van der Waals surface area contributed by atoms with Gasteiger partial charge in [0, 0.05) is 25.8 Å². The van der Waals surface area contributed by atoms with Crippen LogP contribution >= 0.6 is 35.6 Å². The number of benzene rings is 2. The van der Waals surface area contributed by atoms with Gasteiger partial charge < -0.3 is 15.1 Å². The third kappa shape index (κ3) is 3.63. The van der Waals surface area contributed by atoms with Crippen molar-refractivity contribution in [2.45, 2.75) is 5.66 Å². The molecule has 3 N–H and O–H groups in total. The molecular formula is C16H10BrF3NO3PS. The molecule has 1 aromatic heterocycles. The third-order valence-corrected chi connectivity index (χ3v) is 6.72. The second kappa shape index (κ2) is 7.25. The van der Waals surface area contributed by atoms with Gasteiger partial charge in [-0.15, -0.1) is 11.3 Å². The number of carbonyl (C=O) groups excluding carboxylic acids is 1. The number of nitrogens with one attached hydrogen (secondary N) is 1. The lowest BCUT2D eigenvalue weighted by Gasteiger charge is -2.15. The SMILES string of the molecule is O=C(Nc1ccc2sc(C(F)(F)P(O)O)c(Br)c2c1)c1ccc(F)cc1. The molecular weight excluding hydrogens is 454 g/mol. The Morgan fingerprint density at radius 1 is 1.15 bits per heavy atom. The summed E-state index contributed by atoms with van der Waals surface area (Å²) in [6, 6.07) is 9.54. The Morgan fingerprint density at radius 3 is 2.42 bits per heavy atom. The zero-order valence-corrected chi connectivity index (χ0v) is 16.0. The first-order valence-electron chi connectivity index (χ1n) is 7.05. The maximum Gasteiger partial charge on any atom is 0.349 e. The summed E-state index contributed by atoms with van der Waals surface area (Å²) in [6.45, 7) is 0. The molecule has 1 heterocycles. The van der Waals surface area contributed by atoms with Crippen molar-refractivity contribution in [1.29, 1.82) is 0 Å². The van der Waals surface area contributed by atoms with Gasteiger partial charge in [0.05, 0.1) is 4.88 Å². The molecule has 3 aromatic rings. The molecule has 0 aliphatic rings. The number of fused-ring (bicyclic) bond motifs is 1. The molecule has 136 valence electrons. The third-order valence-electron chi connectivity index (χ3n) is 3.52. The van der Waals surface area contributed by atoms with Crippen LogP contribution in [-0.2, 0) is 5.66 Å². The fourth-order valence-electron chi connectivity index (χ4n) is 2.23. The van der Waals surface area contributed by atoms with E-state index in [1.807, 2.05) is 0 Å².